The fourth-order valence-corrected chi connectivity index (χ4v) is 2.43. The summed E-state index contributed by atoms with van der Waals surface area (Å²) >= 11 is 0. The van der Waals surface area contributed by atoms with Crippen molar-refractivity contribution in [3.63, 3.8) is 0 Å². The van der Waals surface area contributed by atoms with E-state index in [1.54, 1.807) is 6.20 Å². The molecule has 0 radical (unpaired) electrons. The van der Waals surface area contributed by atoms with Gasteiger partial charge in [-0.1, -0.05) is 24.8 Å². The molecule has 0 saturated heterocycles. The van der Waals surface area contributed by atoms with Crippen LogP contribution in [-0.4, -0.2) is 24.5 Å². The molecule has 2 aromatic heterocycles. The van der Waals surface area contributed by atoms with Gasteiger partial charge in [0.1, 0.15) is 13.6 Å². The zero-order valence-electron chi connectivity index (χ0n) is 9.56. The average molecular weight is 234 g/mol. The van der Waals surface area contributed by atoms with Crippen LogP contribution in [0.2, 0.25) is 19.6 Å². The van der Waals surface area contributed by atoms with E-state index >= 15 is 0 Å². The average Bonchev–Trinajstić information content (AvgIpc) is 2.60. The van der Waals surface area contributed by atoms with Crippen LogP contribution in [0.4, 0.5) is 0 Å². The normalized spacial score (nSPS) is 12.7. The van der Waals surface area contributed by atoms with Gasteiger partial charge in [0.2, 0.25) is 0 Å². The van der Waals surface area contributed by atoms with Gasteiger partial charge in [-0.2, -0.15) is 0 Å². The molecule has 0 fully saturated rings. The quantitative estimate of drug-likeness (QED) is 0.375. The Morgan fingerprint density at radius 1 is 1.38 bits per heavy atom. The maximum atomic E-state index is 8.44. The van der Waals surface area contributed by atoms with Crippen molar-refractivity contribution in [1.82, 2.24) is 4.98 Å². The van der Waals surface area contributed by atoms with Gasteiger partial charge in [0.25, 0.3) is 0 Å². The molecule has 0 amide bonds. The fraction of sp³-hybridized carbons (Fsp3) is 0.273. The summed E-state index contributed by atoms with van der Waals surface area (Å²) in [7, 11) is -1.44. The van der Waals surface area contributed by atoms with Gasteiger partial charge in [-0.25, -0.2) is 0 Å². The van der Waals surface area contributed by atoms with E-state index in [9.17, 15) is 0 Å². The zero-order valence-corrected chi connectivity index (χ0v) is 10.6. The molecule has 5 heteroatoms. The van der Waals surface area contributed by atoms with Gasteiger partial charge in [-0.3, -0.25) is 4.98 Å². The van der Waals surface area contributed by atoms with Crippen LogP contribution in [0.25, 0.3) is 11.1 Å². The minimum absolute atomic E-state index is 0.728. The molecular formula is C11H14N2O2Si. The summed E-state index contributed by atoms with van der Waals surface area (Å²) in [6.45, 7) is 6.67. The topological polar surface area (TPSA) is 58.6 Å². The Morgan fingerprint density at radius 3 is 2.75 bits per heavy atom. The Hall–Kier alpha value is -1.62. The number of furan rings is 1. The standard InChI is InChI=1S/C11H14N2O2Si/c1-16(2,3)11-5-9-10(15-11)4-8(6-12-9)7-13-14/h4-7,14H,1-3H3/b13-7+. The SMILES string of the molecule is C[Si](C)(C)c1cc2ncc(/C=N/O)cc2o1. The molecule has 1 N–H and O–H groups in total. The van der Waals surface area contributed by atoms with Crippen LogP contribution in [0.15, 0.2) is 27.9 Å². The summed E-state index contributed by atoms with van der Waals surface area (Å²) in [5, 5.41) is 12.4. The lowest BCUT2D eigenvalue weighted by Crippen LogP contribution is -2.36. The van der Waals surface area contributed by atoms with Crippen molar-refractivity contribution in [3.8, 4) is 0 Å². The van der Waals surface area contributed by atoms with Crippen LogP contribution >= 0.6 is 0 Å². The summed E-state index contributed by atoms with van der Waals surface area (Å²) in [6.07, 6.45) is 2.99. The van der Waals surface area contributed by atoms with E-state index in [-0.39, 0.29) is 0 Å². The molecule has 0 atom stereocenters. The number of hydrogen-bond acceptors (Lipinski definition) is 4. The highest BCUT2D eigenvalue weighted by Gasteiger charge is 2.21. The Bertz CT molecular complexity index is 540. The summed E-state index contributed by atoms with van der Waals surface area (Å²) in [5.41, 5.74) is 2.33. The first-order valence-corrected chi connectivity index (χ1v) is 8.58. The van der Waals surface area contributed by atoms with E-state index in [2.05, 4.69) is 29.8 Å². The van der Waals surface area contributed by atoms with Gasteiger partial charge in [-0.15, -0.1) is 0 Å². The van der Waals surface area contributed by atoms with Gasteiger partial charge in [0.15, 0.2) is 5.58 Å². The molecule has 0 spiro atoms. The first-order chi connectivity index (χ1) is 7.50. The van der Waals surface area contributed by atoms with Crippen molar-refractivity contribution in [3.05, 3.63) is 23.9 Å². The minimum Gasteiger partial charge on any atom is -0.465 e. The van der Waals surface area contributed by atoms with Crippen LogP contribution < -0.4 is 5.38 Å². The van der Waals surface area contributed by atoms with Gasteiger partial charge < -0.3 is 9.62 Å². The molecule has 2 rings (SSSR count). The highest BCUT2D eigenvalue weighted by Crippen LogP contribution is 2.15. The third-order valence-corrected chi connectivity index (χ3v) is 4.06. The van der Waals surface area contributed by atoms with Crippen molar-refractivity contribution < 1.29 is 9.62 Å². The number of oxime groups is 1. The highest BCUT2D eigenvalue weighted by molar-refractivity contribution is 6.87. The predicted molar refractivity (Wildman–Crippen MR) is 66.4 cm³/mol. The van der Waals surface area contributed by atoms with Gasteiger partial charge in [0.05, 0.1) is 11.6 Å². The zero-order chi connectivity index (χ0) is 11.8. The van der Waals surface area contributed by atoms with Crippen molar-refractivity contribution >= 4 is 30.8 Å². The number of aromatic nitrogens is 1. The second kappa shape index (κ2) is 3.75. The lowest BCUT2D eigenvalue weighted by molar-refractivity contribution is 0.322. The van der Waals surface area contributed by atoms with Gasteiger partial charge in [-0.05, 0) is 6.07 Å². The molecule has 0 aromatic carbocycles. The van der Waals surface area contributed by atoms with E-state index in [1.807, 2.05) is 12.1 Å². The first-order valence-electron chi connectivity index (χ1n) is 5.08. The van der Waals surface area contributed by atoms with Crippen LogP contribution in [0, 0.1) is 0 Å². The van der Waals surface area contributed by atoms with Crippen molar-refractivity contribution in [2.24, 2.45) is 5.16 Å². The minimum atomic E-state index is -1.44. The number of hydrogen-bond donors (Lipinski definition) is 1. The Labute approximate surface area is 94.6 Å². The van der Waals surface area contributed by atoms with E-state index in [1.165, 1.54) is 6.21 Å². The molecule has 84 valence electrons. The number of pyridine rings is 1. The molecule has 0 bridgehead atoms. The van der Waals surface area contributed by atoms with E-state index < -0.39 is 8.07 Å². The smallest absolute Gasteiger partial charge is 0.152 e. The first kappa shape index (κ1) is 10.9. The lowest BCUT2D eigenvalue weighted by Gasteiger charge is -2.10. The second-order valence-corrected chi connectivity index (χ2v) is 9.75. The second-order valence-electron chi connectivity index (χ2n) is 4.76. The Balaban J connectivity index is 2.54. The molecule has 16 heavy (non-hydrogen) atoms. The van der Waals surface area contributed by atoms with Crippen LogP contribution in [0.3, 0.4) is 0 Å². The molecule has 4 nitrogen and oxygen atoms in total. The largest absolute Gasteiger partial charge is 0.465 e. The fourth-order valence-electron chi connectivity index (χ4n) is 1.44. The predicted octanol–water partition coefficient (Wildman–Crippen LogP) is 2.18. The maximum Gasteiger partial charge on any atom is 0.152 e. The molecule has 0 saturated carbocycles. The number of nitrogens with zero attached hydrogens (tertiary/aromatic N) is 2. The lowest BCUT2D eigenvalue weighted by atomic mass is 10.3. The van der Waals surface area contributed by atoms with Crippen molar-refractivity contribution in [2.75, 3.05) is 0 Å². The molecular weight excluding hydrogens is 220 g/mol. The number of rotatable bonds is 2. The summed E-state index contributed by atoms with van der Waals surface area (Å²) < 4.78 is 5.78. The molecule has 0 unspecified atom stereocenters. The van der Waals surface area contributed by atoms with Crippen molar-refractivity contribution in [2.45, 2.75) is 19.6 Å². The highest BCUT2D eigenvalue weighted by atomic mass is 28.3. The summed E-state index contributed by atoms with van der Waals surface area (Å²) in [4.78, 5) is 4.26. The van der Waals surface area contributed by atoms with Crippen LogP contribution in [0.1, 0.15) is 5.56 Å². The van der Waals surface area contributed by atoms with E-state index in [4.69, 9.17) is 9.62 Å². The molecule has 0 aliphatic heterocycles. The van der Waals surface area contributed by atoms with E-state index in [0.29, 0.717) is 0 Å². The summed E-state index contributed by atoms with van der Waals surface area (Å²) in [6, 6.07) is 3.83. The maximum absolute atomic E-state index is 8.44. The Kier molecular flexibility index (Phi) is 2.55. The monoisotopic (exact) mass is 234 g/mol. The van der Waals surface area contributed by atoms with E-state index in [0.717, 1.165) is 22.0 Å². The van der Waals surface area contributed by atoms with Gasteiger partial charge in [0, 0.05) is 17.8 Å². The Morgan fingerprint density at radius 2 is 2.12 bits per heavy atom. The molecule has 0 aliphatic carbocycles. The molecule has 2 aromatic rings. The van der Waals surface area contributed by atoms with Gasteiger partial charge >= 0.3 is 0 Å². The third-order valence-electron chi connectivity index (χ3n) is 2.34. The third kappa shape index (κ3) is 1.99. The summed E-state index contributed by atoms with van der Waals surface area (Å²) in [5.74, 6) is 0. The van der Waals surface area contributed by atoms with Crippen molar-refractivity contribution in [1.29, 1.82) is 0 Å². The molecule has 0 aliphatic rings. The van der Waals surface area contributed by atoms with Crippen LogP contribution in [0.5, 0.6) is 0 Å². The number of fused-ring (bicyclic) bond motifs is 1. The molecule has 2 heterocycles. The van der Waals surface area contributed by atoms with Crippen LogP contribution in [-0.2, 0) is 0 Å².